The van der Waals surface area contributed by atoms with E-state index in [1.165, 1.54) is 64.2 Å². The van der Waals surface area contributed by atoms with Crippen molar-refractivity contribution in [2.24, 2.45) is 0 Å². The van der Waals surface area contributed by atoms with Gasteiger partial charge in [-0.15, -0.1) is 0 Å². The smallest absolute Gasteiger partial charge is 0.161 e. The van der Waals surface area contributed by atoms with Crippen molar-refractivity contribution < 1.29 is 23.7 Å². The molecule has 59 heavy (non-hydrogen) atoms. The van der Waals surface area contributed by atoms with Crippen LogP contribution < -0.4 is 23.7 Å². The molecule has 0 saturated heterocycles. The van der Waals surface area contributed by atoms with E-state index in [9.17, 15) is 0 Å². The van der Waals surface area contributed by atoms with Crippen molar-refractivity contribution in [3.63, 3.8) is 0 Å². The second-order valence-corrected chi connectivity index (χ2v) is 16.3. The van der Waals surface area contributed by atoms with Crippen molar-refractivity contribution in [3.8, 4) is 40.0 Å². The van der Waals surface area contributed by atoms with Crippen molar-refractivity contribution in [1.82, 2.24) is 4.98 Å². The highest BCUT2D eigenvalue weighted by molar-refractivity contribution is 6.27. The molecule has 5 rings (SSSR count). The number of unbranched alkanes of at least 4 members (excludes halogenated alkanes) is 15. The second-order valence-electron chi connectivity index (χ2n) is 16.3. The van der Waals surface area contributed by atoms with Gasteiger partial charge >= 0.3 is 0 Å². The van der Waals surface area contributed by atoms with Crippen molar-refractivity contribution >= 4 is 32.3 Å². The summed E-state index contributed by atoms with van der Waals surface area (Å²) in [6.45, 7) is 14.5. The molecule has 0 N–H and O–H groups in total. The Hall–Kier alpha value is -4.19. The molecule has 6 nitrogen and oxygen atoms in total. The molecule has 5 aromatic rings. The van der Waals surface area contributed by atoms with Gasteiger partial charge in [-0.1, -0.05) is 137 Å². The largest absolute Gasteiger partial charge is 0.493 e. The van der Waals surface area contributed by atoms with Crippen LogP contribution in [0, 0.1) is 0 Å². The van der Waals surface area contributed by atoms with Gasteiger partial charge in [0, 0.05) is 11.8 Å². The molecular weight excluding hydrogens is 731 g/mol. The third-order valence-electron chi connectivity index (χ3n) is 11.4. The SMILES string of the molecule is CCCCCCOc1cc2c3cc(OCCCCCC)c(OCCCCCC)cc3c3cc(-c4ccccn4)c(OCCCCCC)cc3c2cc1OCCCCCC. The van der Waals surface area contributed by atoms with Crippen LogP contribution in [-0.2, 0) is 0 Å². The van der Waals surface area contributed by atoms with Gasteiger partial charge in [-0.2, -0.15) is 0 Å². The zero-order valence-electron chi connectivity index (χ0n) is 37.4. The molecule has 0 aliphatic carbocycles. The Balaban J connectivity index is 1.74. The third kappa shape index (κ3) is 13.7. The Labute approximate surface area is 356 Å². The van der Waals surface area contributed by atoms with E-state index in [0.717, 1.165) is 137 Å². The van der Waals surface area contributed by atoms with Crippen molar-refractivity contribution in [2.75, 3.05) is 33.0 Å². The van der Waals surface area contributed by atoms with E-state index in [0.29, 0.717) is 33.0 Å². The molecule has 0 spiro atoms. The highest BCUT2D eigenvalue weighted by atomic mass is 16.5. The average molecular weight is 806 g/mol. The zero-order chi connectivity index (χ0) is 41.5. The van der Waals surface area contributed by atoms with Crippen LogP contribution in [0.2, 0.25) is 0 Å². The predicted octanol–water partition coefficient (Wildman–Crippen LogP) is 16.0. The third-order valence-corrected chi connectivity index (χ3v) is 11.4. The van der Waals surface area contributed by atoms with E-state index in [-0.39, 0.29) is 0 Å². The Morgan fingerprint density at radius 1 is 0.339 bits per heavy atom. The highest BCUT2D eigenvalue weighted by Gasteiger charge is 2.21. The minimum atomic E-state index is 0.660. The molecule has 0 aliphatic heterocycles. The number of hydrogen-bond donors (Lipinski definition) is 0. The van der Waals surface area contributed by atoms with Crippen LogP contribution in [0.1, 0.15) is 163 Å². The molecule has 4 aromatic carbocycles. The van der Waals surface area contributed by atoms with Crippen LogP contribution in [0.4, 0.5) is 0 Å². The van der Waals surface area contributed by atoms with Crippen molar-refractivity contribution in [3.05, 3.63) is 60.8 Å². The molecule has 0 bridgehead atoms. The molecule has 6 heteroatoms. The molecular formula is C53H75NO5. The minimum absolute atomic E-state index is 0.660. The number of hydrogen-bond acceptors (Lipinski definition) is 6. The van der Waals surface area contributed by atoms with Crippen LogP contribution in [0.25, 0.3) is 43.6 Å². The summed E-state index contributed by atoms with van der Waals surface area (Å²) in [6.07, 6.45) is 24.8. The summed E-state index contributed by atoms with van der Waals surface area (Å²) in [5.41, 5.74) is 1.89. The molecule has 0 unspecified atom stereocenters. The van der Waals surface area contributed by atoms with Crippen LogP contribution in [0.5, 0.6) is 28.7 Å². The van der Waals surface area contributed by atoms with E-state index < -0.39 is 0 Å². The molecule has 0 aliphatic rings. The number of fused-ring (bicyclic) bond motifs is 6. The van der Waals surface area contributed by atoms with Crippen LogP contribution in [-0.4, -0.2) is 38.0 Å². The second kappa shape index (κ2) is 26.1. The van der Waals surface area contributed by atoms with Gasteiger partial charge in [0.2, 0.25) is 0 Å². The van der Waals surface area contributed by atoms with Crippen molar-refractivity contribution in [1.29, 1.82) is 0 Å². The topological polar surface area (TPSA) is 59.0 Å². The molecule has 0 fully saturated rings. The lowest BCUT2D eigenvalue weighted by molar-refractivity contribution is 0.259. The van der Waals surface area contributed by atoms with Gasteiger partial charge in [-0.3, -0.25) is 4.98 Å². The molecule has 0 amide bonds. The summed E-state index contributed by atoms with van der Waals surface area (Å²) < 4.78 is 33.3. The van der Waals surface area contributed by atoms with Crippen molar-refractivity contribution in [2.45, 2.75) is 163 Å². The fourth-order valence-corrected chi connectivity index (χ4v) is 7.88. The van der Waals surface area contributed by atoms with E-state index >= 15 is 0 Å². The summed E-state index contributed by atoms with van der Waals surface area (Å²) in [4.78, 5) is 4.83. The predicted molar refractivity (Wildman–Crippen MR) is 250 cm³/mol. The van der Waals surface area contributed by atoms with Gasteiger partial charge in [0.15, 0.2) is 23.0 Å². The molecule has 1 heterocycles. The first-order valence-electron chi connectivity index (χ1n) is 23.7. The van der Waals surface area contributed by atoms with Crippen LogP contribution in [0.15, 0.2) is 60.8 Å². The summed E-state index contributed by atoms with van der Waals surface area (Å²) in [5.74, 6) is 4.08. The molecule has 0 saturated carbocycles. The Morgan fingerprint density at radius 3 is 0.949 bits per heavy atom. The summed E-state index contributed by atoms with van der Waals surface area (Å²) in [5, 5.41) is 6.68. The lowest BCUT2D eigenvalue weighted by Gasteiger charge is -2.20. The van der Waals surface area contributed by atoms with Gasteiger partial charge in [-0.05, 0) is 113 Å². The first kappa shape index (κ1) is 45.9. The monoisotopic (exact) mass is 806 g/mol. The molecule has 0 radical (unpaired) electrons. The summed E-state index contributed by atoms with van der Waals surface area (Å²) >= 11 is 0. The first-order chi connectivity index (χ1) is 29.1. The van der Waals surface area contributed by atoms with Gasteiger partial charge in [-0.25, -0.2) is 0 Å². The molecule has 322 valence electrons. The molecule has 0 atom stereocenters. The number of rotatable bonds is 31. The molecule has 1 aromatic heterocycles. The first-order valence-corrected chi connectivity index (χ1v) is 23.7. The summed E-state index contributed by atoms with van der Waals surface area (Å²) in [7, 11) is 0. The standard InChI is InChI=1S/C53H75NO5/c1-6-11-16-23-30-55-49-36-42-41(35-47(49)48-28-21-22-29-54-48)43-37-50(56-31-24-17-12-7-2)52(58-33-26-19-14-9-4)39-45(43)46-40-53(59-34-27-20-15-10-5)51(38-44(42)46)57-32-25-18-13-8-3/h21-22,28-29,35-40H,6-20,23-27,30-34H2,1-5H3. The Bertz CT molecular complexity index is 1910. The van der Waals surface area contributed by atoms with Gasteiger partial charge in [0.1, 0.15) is 5.75 Å². The van der Waals surface area contributed by atoms with E-state index in [1.54, 1.807) is 0 Å². The van der Waals surface area contributed by atoms with Gasteiger partial charge in [0.25, 0.3) is 0 Å². The van der Waals surface area contributed by atoms with Crippen LogP contribution in [0.3, 0.4) is 0 Å². The number of benzene rings is 4. The maximum absolute atomic E-state index is 6.71. The lowest BCUT2D eigenvalue weighted by Crippen LogP contribution is -2.04. The number of pyridine rings is 1. The highest BCUT2D eigenvalue weighted by Crippen LogP contribution is 2.47. The van der Waals surface area contributed by atoms with Gasteiger partial charge in [0.05, 0.1) is 38.7 Å². The van der Waals surface area contributed by atoms with Crippen LogP contribution >= 0.6 is 0 Å². The zero-order valence-corrected chi connectivity index (χ0v) is 37.4. The maximum Gasteiger partial charge on any atom is 0.161 e. The maximum atomic E-state index is 6.71. The number of aromatic nitrogens is 1. The quantitative estimate of drug-likeness (QED) is 0.0328. The number of ether oxygens (including phenoxy) is 5. The number of nitrogens with zero attached hydrogens (tertiary/aromatic N) is 1. The minimum Gasteiger partial charge on any atom is -0.493 e. The Morgan fingerprint density at radius 2 is 0.644 bits per heavy atom. The Kier molecular flexibility index (Phi) is 20.3. The average Bonchev–Trinajstić information content (AvgIpc) is 3.26. The van der Waals surface area contributed by atoms with E-state index in [1.807, 2.05) is 12.3 Å². The fourth-order valence-electron chi connectivity index (χ4n) is 7.88. The van der Waals surface area contributed by atoms with E-state index in [2.05, 4.69) is 83.1 Å². The van der Waals surface area contributed by atoms with Gasteiger partial charge < -0.3 is 23.7 Å². The normalized spacial score (nSPS) is 11.5. The fraction of sp³-hybridized carbons (Fsp3) is 0.566. The lowest BCUT2D eigenvalue weighted by atomic mass is 9.91. The summed E-state index contributed by atoms with van der Waals surface area (Å²) in [6, 6.07) is 19.6. The van der Waals surface area contributed by atoms with E-state index in [4.69, 9.17) is 28.7 Å².